The van der Waals surface area contributed by atoms with E-state index in [1.807, 2.05) is 0 Å². The molecule has 0 saturated heterocycles. The second-order valence-electron chi connectivity index (χ2n) is 7.84. The normalized spacial score (nSPS) is 11.9. The van der Waals surface area contributed by atoms with Crippen LogP contribution in [-0.4, -0.2) is 25.2 Å². The molecule has 31 heavy (non-hydrogen) atoms. The Balaban J connectivity index is 2.12. The highest BCUT2D eigenvalue weighted by molar-refractivity contribution is 7.91. The van der Waals surface area contributed by atoms with Crippen LogP contribution in [0.1, 0.15) is 68.3 Å². The average molecular weight is 445 g/mol. The van der Waals surface area contributed by atoms with E-state index in [9.17, 15) is 23.1 Å². The second-order valence-corrected chi connectivity index (χ2v) is 10.1. The molecule has 0 amide bonds. The van der Waals surface area contributed by atoms with E-state index in [0.29, 0.717) is 6.42 Å². The van der Waals surface area contributed by atoms with Crippen molar-refractivity contribution in [3.05, 3.63) is 51.7 Å². The van der Waals surface area contributed by atoms with Crippen molar-refractivity contribution in [2.24, 2.45) is 0 Å². The van der Waals surface area contributed by atoms with Gasteiger partial charge in [-0.3, -0.25) is 4.79 Å². The average Bonchev–Trinajstić information content (AvgIpc) is 2.75. The van der Waals surface area contributed by atoms with Gasteiger partial charge in [0.05, 0.1) is 22.1 Å². The number of carbonyl (C=O) groups is 1. The number of fused-ring (bicyclic) bond motifs is 2. The quantitative estimate of drug-likeness (QED) is 0.334. The van der Waals surface area contributed by atoms with Gasteiger partial charge in [-0.15, -0.1) is 0 Å². The standard InChI is InChI=1S/C24H28O6S/c1-3-5-6-7-8-9-10-16-13-19-22(25)18-15-17(24(26)27)11-12-20(18)30-23(19)21(14-16)31(28,29)4-2/h11-15H,3-10H2,1-2H3,(H,26,27). The summed E-state index contributed by atoms with van der Waals surface area (Å²) < 4.78 is 31.4. The van der Waals surface area contributed by atoms with E-state index in [-0.39, 0.29) is 38.2 Å². The Morgan fingerprint density at radius 3 is 2.35 bits per heavy atom. The third-order valence-electron chi connectivity index (χ3n) is 5.58. The molecule has 166 valence electrons. The van der Waals surface area contributed by atoms with Gasteiger partial charge in [0.15, 0.2) is 15.4 Å². The molecule has 0 aliphatic carbocycles. The highest BCUT2D eigenvalue weighted by Crippen LogP contribution is 2.29. The molecule has 7 heteroatoms. The highest BCUT2D eigenvalue weighted by atomic mass is 32.2. The van der Waals surface area contributed by atoms with Crippen LogP contribution in [0.5, 0.6) is 0 Å². The molecule has 1 heterocycles. The van der Waals surface area contributed by atoms with Gasteiger partial charge in [-0.25, -0.2) is 13.2 Å². The van der Waals surface area contributed by atoms with E-state index in [1.165, 1.54) is 37.5 Å². The molecule has 1 N–H and O–H groups in total. The molecule has 3 aromatic rings. The zero-order valence-electron chi connectivity index (χ0n) is 17.9. The summed E-state index contributed by atoms with van der Waals surface area (Å²) in [6.45, 7) is 3.72. The summed E-state index contributed by atoms with van der Waals surface area (Å²) in [5.74, 6) is -1.25. The Morgan fingerprint density at radius 2 is 1.68 bits per heavy atom. The maximum atomic E-state index is 13.2. The van der Waals surface area contributed by atoms with Crippen LogP contribution in [-0.2, 0) is 16.3 Å². The molecule has 0 atom stereocenters. The van der Waals surface area contributed by atoms with Gasteiger partial charge in [0.2, 0.25) is 5.43 Å². The zero-order valence-corrected chi connectivity index (χ0v) is 18.8. The van der Waals surface area contributed by atoms with Crippen molar-refractivity contribution in [3.63, 3.8) is 0 Å². The van der Waals surface area contributed by atoms with Crippen molar-refractivity contribution in [3.8, 4) is 0 Å². The van der Waals surface area contributed by atoms with Crippen molar-refractivity contribution in [1.82, 2.24) is 0 Å². The number of unbranched alkanes of at least 4 members (excludes halogenated alkanes) is 5. The first-order valence-electron chi connectivity index (χ1n) is 10.8. The van der Waals surface area contributed by atoms with Crippen LogP contribution in [0.15, 0.2) is 44.4 Å². The van der Waals surface area contributed by atoms with Gasteiger partial charge in [-0.05, 0) is 48.7 Å². The lowest BCUT2D eigenvalue weighted by molar-refractivity contribution is 0.0697. The van der Waals surface area contributed by atoms with Crippen LogP contribution in [0.3, 0.4) is 0 Å². The van der Waals surface area contributed by atoms with Gasteiger partial charge in [0.1, 0.15) is 10.5 Å². The number of hydrogen-bond acceptors (Lipinski definition) is 5. The summed E-state index contributed by atoms with van der Waals surface area (Å²) in [6, 6.07) is 7.31. The predicted molar refractivity (Wildman–Crippen MR) is 122 cm³/mol. The number of aromatic carboxylic acids is 1. The lowest BCUT2D eigenvalue weighted by Gasteiger charge is -2.11. The molecule has 6 nitrogen and oxygen atoms in total. The highest BCUT2D eigenvalue weighted by Gasteiger charge is 2.22. The lowest BCUT2D eigenvalue weighted by Crippen LogP contribution is -2.10. The fourth-order valence-corrected chi connectivity index (χ4v) is 4.83. The van der Waals surface area contributed by atoms with Crippen molar-refractivity contribution in [2.45, 2.75) is 63.7 Å². The molecular weight excluding hydrogens is 416 g/mol. The van der Waals surface area contributed by atoms with Gasteiger partial charge in [-0.2, -0.15) is 0 Å². The van der Waals surface area contributed by atoms with Gasteiger partial charge < -0.3 is 9.52 Å². The van der Waals surface area contributed by atoms with Crippen LogP contribution in [0.4, 0.5) is 0 Å². The number of benzene rings is 2. The fraction of sp³-hybridized carbons (Fsp3) is 0.417. The van der Waals surface area contributed by atoms with E-state index in [1.54, 1.807) is 19.1 Å². The summed E-state index contributed by atoms with van der Waals surface area (Å²) in [4.78, 5) is 24.5. The first kappa shape index (κ1) is 23.0. The summed E-state index contributed by atoms with van der Waals surface area (Å²) in [5.41, 5.74) is 0.532. The molecule has 0 spiro atoms. The van der Waals surface area contributed by atoms with Crippen LogP contribution < -0.4 is 5.43 Å². The monoisotopic (exact) mass is 444 g/mol. The topological polar surface area (TPSA) is 102 Å². The molecule has 1 aromatic heterocycles. The Labute approximate surface area is 181 Å². The molecule has 0 saturated carbocycles. The summed E-state index contributed by atoms with van der Waals surface area (Å²) in [5, 5.41) is 9.54. The van der Waals surface area contributed by atoms with E-state index >= 15 is 0 Å². The number of hydrogen-bond donors (Lipinski definition) is 1. The smallest absolute Gasteiger partial charge is 0.335 e. The Bertz CT molecular complexity index is 1270. The maximum Gasteiger partial charge on any atom is 0.335 e. The van der Waals surface area contributed by atoms with Crippen molar-refractivity contribution >= 4 is 37.7 Å². The number of carboxylic acids is 1. The number of rotatable bonds is 10. The minimum atomic E-state index is -3.62. The third kappa shape index (κ3) is 4.98. The fourth-order valence-electron chi connectivity index (χ4n) is 3.76. The van der Waals surface area contributed by atoms with E-state index in [2.05, 4.69) is 6.92 Å². The maximum absolute atomic E-state index is 13.2. The molecule has 3 rings (SSSR count). The SMILES string of the molecule is CCCCCCCCc1cc(S(=O)(=O)CC)c2oc3ccc(C(=O)O)cc3c(=O)c2c1. The molecule has 0 bridgehead atoms. The van der Waals surface area contributed by atoms with Crippen molar-refractivity contribution < 1.29 is 22.7 Å². The van der Waals surface area contributed by atoms with E-state index in [0.717, 1.165) is 24.8 Å². The molecule has 0 aliphatic rings. The van der Waals surface area contributed by atoms with Crippen LogP contribution in [0, 0.1) is 0 Å². The van der Waals surface area contributed by atoms with E-state index < -0.39 is 21.2 Å². The van der Waals surface area contributed by atoms with Crippen LogP contribution in [0.25, 0.3) is 21.9 Å². The number of sulfone groups is 1. The zero-order chi connectivity index (χ0) is 22.6. The first-order chi connectivity index (χ1) is 14.8. The third-order valence-corrected chi connectivity index (χ3v) is 7.31. The molecular formula is C24H28O6S. The lowest BCUT2D eigenvalue weighted by atomic mass is 10.0. The summed E-state index contributed by atoms with van der Waals surface area (Å²) in [7, 11) is -3.62. The second kappa shape index (κ2) is 9.64. The van der Waals surface area contributed by atoms with Gasteiger partial charge >= 0.3 is 5.97 Å². The Hall–Kier alpha value is -2.67. The minimum absolute atomic E-state index is 0.0230. The minimum Gasteiger partial charge on any atom is -0.478 e. The molecule has 0 unspecified atom stereocenters. The van der Waals surface area contributed by atoms with Crippen LogP contribution in [0.2, 0.25) is 0 Å². The van der Waals surface area contributed by atoms with E-state index in [4.69, 9.17) is 4.42 Å². The largest absolute Gasteiger partial charge is 0.478 e. The Kier molecular flexibility index (Phi) is 7.15. The van der Waals surface area contributed by atoms with Crippen molar-refractivity contribution in [2.75, 3.05) is 5.75 Å². The number of carboxylic acid groups (broad SMARTS) is 1. The summed E-state index contributed by atoms with van der Waals surface area (Å²) in [6.07, 6.45) is 7.32. The number of aryl methyl sites for hydroxylation is 1. The van der Waals surface area contributed by atoms with Crippen molar-refractivity contribution in [1.29, 1.82) is 0 Å². The summed E-state index contributed by atoms with van der Waals surface area (Å²) >= 11 is 0. The first-order valence-corrected chi connectivity index (χ1v) is 12.4. The van der Waals surface area contributed by atoms with Gasteiger partial charge in [-0.1, -0.05) is 46.0 Å². The Morgan fingerprint density at radius 1 is 0.968 bits per heavy atom. The van der Waals surface area contributed by atoms with Crippen LogP contribution >= 0.6 is 0 Å². The molecule has 0 fully saturated rings. The van der Waals surface area contributed by atoms with Gasteiger partial charge in [0, 0.05) is 0 Å². The molecule has 2 aromatic carbocycles. The molecule has 0 aliphatic heterocycles. The predicted octanol–water partition coefficient (Wildman–Crippen LogP) is 5.34. The molecule has 0 radical (unpaired) electrons. The van der Waals surface area contributed by atoms with Gasteiger partial charge in [0.25, 0.3) is 0 Å².